The molecule has 1 aliphatic rings. The number of nitro groups is 1. The topological polar surface area (TPSA) is 89.2 Å². The Labute approximate surface area is 127 Å². The zero-order chi connectivity index (χ0) is 15.7. The lowest BCUT2D eigenvalue weighted by atomic mass is 9.96. The van der Waals surface area contributed by atoms with Crippen LogP contribution in [0.25, 0.3) is 10.9 Å². The molecule has 1 aromatic heterocycles. The van der Waals surface area contributed by atoms with E-state index in [4.69, 9.17) is 0 Å². The first kappa shape index (κ1) is 14.4. The molecule has 0 bridgehead atoms. The normalized spacial score (nSPS) is 16.0. The number of fused-ring (bicyclic) bond motifs is 1. The number of amides is 1. The molecule has 1 amide bonds. The molecular weight excluding hydrogens is 284 g/mol. The molecule has 0 atom stereocenters. The summed E-state index contributed by atoms with van der Waals surface area (Å²) in [6.07, 6.45) is 3.35. The molecule has 7 heteroatoms. The van der Waals surface area contributed by atoms with E-state index in [9.17, 15) is 14.9 Å². The maximum absolute atomic E-state index is 11.3. The van der Waals surface area contributed by atoms with Gasteiger partial charge in [0.15, 0.2) is 0 Å². The first-order valence-electron chi connectivity index (χ1n) is 7.21. The van der Waals surface area contributed by atoms with Crippen LogP contribution in [0, 0.1) is 10.1 Å². The number of carbonyl (C=O) groups excluding carboxylic acids is 1. The van der Waals surface area contributed by atoms with E-state index >= 15 is 0 Å². The molecule has 2 aromatic rings. The summed E-state index contributed by atoms with van der Waals surface area (Å²) in [6, 6.07) is 4.59. The minimum absolute atomic E-state index is 0.0311. The number of carbonyl (C=O) groups is 1. The summed E-state index contributed by atoms with van der Waals surface area (Å²) in [4.78, 5) is 32.5. The minimum Gasteiger partial charge on any atom is -0.343 e. The van der Waals surface area contributed by atoms with Gasteiger partial charge in [-0.25, -0.2) is 9.97 Å². The summed E-state index contributed by atoms with van der Waals surface area (Å²) < 4.78 is 0. The van der Waals surface area contributed by atoms with Crippen molar-refractivity contribution < 1.29 is 9.72 Å². The molecular formula is C15H16N4O3. The highest BCUT2D eigenvalue weighted by Crippen LogP contribution is 2.27. The number of likely N-dealkylation sites (tertiary alicyclic amines) is 1. The Morgan fingerprint density at radius 1 is 1.36 bits per heavy atom. The van der Waals surface area contributed by atoms with E-state index in [1.54, 1.807) is 19.2 Å². The van der Waals surface area contributed by atoms with Crippen LogP contribution in [0.1, 0.15) is 31.5 Å². The van der Waals surface area contributed by atoms with Crippen LogP contribution in [-0.2, 0) is 4.79 Å². The van der Waals surface area contributed by atoms with Gasteiger partial charge in [0.1, 0.15) is 5.82 Å². The summed E-state index contributed by atoms with van der Waals surface area (Å²) >= 11 is 0. The number of benzene rings is 1. The Kier molecular flexibility index (Phi) is 3.70. The van der Waals surface area contributed by atoms with Crippen LogP contribution in [-0.4, -0.2) is 38.8 Å². The van der Waals surface area contributed by atoms with Crippen molar-refractivity contribution in [2.24, 2.45) is 0 Å². The Hall–Kier alpha value is -2.57. The largest absolute Gasteiger partial charge is 0.343 e. The lowest BCUT2D eigenvalue weighted by Crippen LogP contribution is -2.36. The fourth-order valence-corrected chi connectivity index (χ4v) is 2.79. The third-order valence-electron chi connectivity index (χ3n) is 4.10. The van der Waals surface area contributed by atoms with E-state index in [1.807, 2.05) is 4.90 Å². The highest BCUT2D eigenvalue weighted by molar-refractivity contribution is 5.80. The number of nitro benzene ring substituents is 1. The van der Waals surface area contributed by atoms with Crippen molar-refractivity contribution in [2.75, 3.05) is 13.1 Å². The monoisotopic (exact) mass is 300 g/mol. The van der Waals surface area contributed by atoms with E-state index in [0.717, 1.165) is 18.2 Å². The fraction of sp³-hybridized carbons (Fsp3) is 0.400. The second kappa shape index (κ2) is 5.67. The maximum Gasteiger partial charge on any atom is 0.271 e. The van der Waals surface area contributed by atoms with Crippen molar-refractivity contribution in [1.29, 1.82) is 0 Å². The molecule has 0 aliphatic carbocycles. The van der Waals surface area contributed by atoms with Gasteiger partial charge < -0.3 is 4.90 Å². The van der Waals surface area contributed by atoms with Gasteiger partial charge in [-0.1, -0.05) is 0 Å². The van der Waals surface area contributed by atoms with E-state index < -0.39 is 4.92 Å². The third-order valence-corrected chi connectivity index (χ3v) is 4.10. The average molecular weight is 300 g/mol. The molecule has 0 saturated carbocycles. The fourth-order valence-electron chi connectivity index (χ4n) is 2.79. The highest BCUT2D eigenvalue weighted by atomic mass is 16.6. The second-order valence-electron chi connectivity index (χ2n) is 5.51. The minimum atomic E-state index is -0.424. The van der Waals surface area contributed by atoms with Crippen molar-refractivity contribution in [3.63, 3.8) is 0 Å². The molecule has 22 heavy (non-hydrogen) atoms. The molecule has 0 spiro atoms. The van der Waals surface area contributed by atoms with Gasteiger partial charge in [-0.3, -0.25) is 14.9 Å². The Morgan fingerprint density at radius 2 is 2.09 bits per heavy atom. The number of non-ortho nitro benzene ring substituents is 1. The van der Waals surface area contributed by atoms with Crippen LogP contribution >= 0.6 is 0 Å². The van der Waals surface area contributed by atoms with E-state index in [-0.39, 0.29) is 17.5 Å². The summed E-state index contributed by atoms with van der Waals surface area (Å²) in [7, 11) is 0. The number of aromatic nitrogens is 2. The standard InChI is InChI=1S/C15H16N4O3/c1-10(20)18-6-4-11(5-7-18)15-16-9-12-2-3-13(19(21)22)8-14(12)17-15/h2-3,8-9,11H,4-7H2,1H3. The van der Waals surface area contributed by atoms with Crippen molar-refractivity contribution in [1.82, 2.24) is 14.9 Å². The molecule has 114 valence electrons. The smallest absolute Gasteiger partial charge is 0.271 e. The number of nitrogens with zero attached hydrogens (tertiary/aromatic N) is 4. The first-order valence-corrected chi connectivity index (χ1v) is 7.21. The molecule has 2 heterocycles. The molecule has 1 aromatic carbocycles. The van der Waals surface area contributed by atoms with Crippen LogP contribution < -0.4 is 0 Å². The number of hydrogen-bond acceptors (Lipinski definition) is 5. The molecule has 3 rings (SSSR count). The van der Waals surface area contributed by atoms with Gasteiger partial charge >= 0.3 is 0 Å². The molecule has 0 unspecified atom stereocenters. The maximum atomic E-state index is 11.3. The van der Waals surface area contributed by atoms with Gasteiger partial charge in [0, 0.05) is 49.6 Å². The first-order chi connectivity index (χ1) is 10.5. The SMILES string of the molecule is CC(=O)N1CCC(c2ncc3ccc([N+](=O)[O-])cc3n2)CC1. The molecule has 1 fully saturated rings. The van der Waals surface area contributed by atoms with Crippen molar-refractivity contribution in [3.8, 4) is 0 Å². The van der Waals surface area contributed by atoms with E-state index in [1.165, 1.54) is 12.1 Å². The van der Waals surface area contributed by atoms with Gasteiger partial charge in [0.2, 0.25) is 5.91 Å². The van der Waals surface area contributed by atoms with Crippen molar-refractivity contribution >= 4 is 22.5 Å². The molecule has 1 aliphatic heterocycles. The van der Waals surface area contributed by atoms with Crippen LogP contribution in [0.15, 0.2) is 24.4 Å². The van der Waals surface area contributed by atoms with E-state index in [0.29, 0.717) is 24.4 Å². The highest BCUT2D eigenvalue weighted by Gasteiger charge is 2.24. The number of rotatable bonds is 2. The zero-order valence-corrected chi connectivity index (χ0v) is 12.2. The van der Waals surface area contributed by atoms with Gasteiger partial charge in [0.05, 0.1) is 10.4 Å². The molecule has 7 nitrogen and oxygen atoms in total. The molecule has 1 saturated heterocycles. The predicted octanol–water partition coefficient (Wildman–Crippen LogP) is 2.26. The lowest BCUT2D eigenvalue weighted by molar-refractivity contribution is -0.384. The molecule has 0 radical (unpaired) electrons. The summed E-state index contributed by atoms with van der Waals surface area (Å²) in [5, 5.41) is 11.6. The van der Waals surface area contributed by atoms with Gasteiger partial charge in [-0.05, 0) is 18.9 Å². The van der Waals surface area contributed by atoms with Gasteiger partial charge in [-0.15, -0.1) is 0 Å². The van der Waals surface area contributed by atoms with E-state index in [2.05, 4.69) is 9.97 Å². The number of piperidine rings is 1. The summed E-state index contributed by atoms with van der Waals surface area (Å²) in [5.74, 6) is 0.990. The quantitative estimate of drug-likeness (QED) is 0.627. The number of hydrogen-bond donors (Lipinski definition) is 0. The Morgan fingerprint density at radius 3 is 2.73 bits per heavy atom. The lowest BCUT2D eigenvalue weighted by Gasteiger charge is -2.30. The van der Waals surface area contributed by atoms with Crippen LogP contribution in [0.4, 0.5) is 5.69 Å². The Bertz CT molecular complexity index is 739. The summed E-state index contributed by atoms with van der Waals surface area (Å²) in [5.41, 5.74) is 0.622. The predicted molar refractivity (Wildman–Crippen MR) is 80.4 cm³/mol. The van der Waals surface area contributed by atoms with Crippen LogP contribution in [0.5, 0.6) is 0 Å². The van der Waals surface area contributed by atoms with Crippen LogP contribution in [0.2, 0.25) is 0 Å². The van der Waals surface area contributed by atoms with Crippen molar-refractivity contribution in [3.05, 3.63) is 40.3 Å². The van der Waals surface area contributed by atoms with Gasteiger partial charge in [-0.2, -0.15) is 0 Å². The second-order valence-corrected chi connectivity index (χ2v) is 5.51. The van der Waals surface area contributed by atoms with Crippen LogP contribution in [0.3, 0.4) is 0 Å². The molecule has 0 N–H and O–H groups in total. The summed E-state index contributed by atoms with van der Waals surface area (Å²) in [6.45, 7) is 2.98. The average Bonchev–Trinajstić information content (AvgIpc) is 2.53. The Balaban J connectivity index is 1.85. The van der Waals surface area contributed by atoms with Crippen molar-refractivity contribution in [2.45, 2.75) is 25.7 Å². The third kappa shape index (κ3) is 2.74. The zero-order valence-electron chi connectivity index (χ0n) is 12.2. The van der Waals surface area contributed by atoms with Gasteiger partial charge in [0.25, 0.3) is 5.69 Å².